The lowest BCUT2D eigenvalue weighted by atomic mass is 9.95. The molecule has 0 amide bonds. The Kier molecular flexibility index (Phi) is 2.03. The van der Waals surface area contributed by atoms with Gasteiger partial charge in [0.15, 0.2) is 11.5 Å². The minimum absolute atomic E-state index is 0.347. The van der Waals surface area contributed by atoms with Crippen molar-refractivity contribution in [2.24, 2.45) is 7.05 Å². The summed E-state index contributed by atoms with van der Waals surface area (Å²) in [6, 6.07) is 0. The van der Waals surface area contributed by atoms with Crippen molar-refractivity contribution in [3.8, 4) is 0 Å². The fourth-order valence-corrected chi connectivity index (χ4v) is 1.76. The highest BCUT2D eigenvalue weighted by Gasteiger charge is 2.37. The first kappa shape index (κ1) is 8.62. The molecule has 2 rings (SSSR count). The van der Waals surface area contributed by atoms with Crippen LogP contribution in [-0.2, 0) is 12.7 Å². The van der Waals surface area contributed by atoms with Crippen LogP contribution >= 0.6 is 0 Å². The maximum absolute atomic E-state index is 14.2. The lowest BCUT2D eigenvalue weighted by Gasteiger charge is -2.28. The molecule has 1 aliphatic heterocycles. The number of nitrogens with one attached hydrogen (secondary N) is 1. The van der Waals surface area contributed by atoms with Crippen molar-refractivity contribution in [3.63, 3.8) is 0 Å². The summed E-state index contributed by atoms with van der Waals surface area (Å²) in [6.07, 6.45) is 2.78. The Morgan fingerprint density at radius 1 is 1.69 bits per heavy atom. The quantitative estimate of drug-likeness (QED) is 0.685. The Morgan fingerprint density at radius 2 is 2.54 bits per heavy atom. The van der Waals surface area contributed by atoms with Crippen molar-refractivity contribution in [1.29, 1.82) is 0 Å². The van der Waals surface area contributed by atoms with E-state index in [-0.39, 0.29) is 0 Å². The van der Waals surface area contributed by atoms with E-state index in [0.29, 0.717) is 18.8 Å². The predicted molar refractivity (Wildman–Crippen MR) is 45.9 cm³/mol. The molecule has 1 aromatic rings. The Hall–Kier alpha value is -0.970. The molecule has 1 fully saturated rings. The van der Waals surface area contributed by atoms with E-state index in [1.54, 1.807) is 7.05 Å². The molecule has 1 N–H and O–H groups in total. The van der Waals surface area contributed by atoms with E-state index in [1.165, 1.54) is 11.0 Å². The molecule has 13 heavy (non-hydrogen) atoms. The molecular formula is C8H13FN4. The third-order valence-electron chi connectivity index (χ3n) is 2.44. The predicted octanol–water partition coefficient (Wildman–Crippen LogP) is 0.363. The summed E-state index contributed by atoms with van der Waals surface area (Å²) >= 11 is 0. The van der Waals surface area contributed by atoms with Gasteiger partial charge in [0.1, 0.15) is 6.33 Å². The number of hydrogen-bond acceptors (Lipinski definition) is 3. The van der Waals surface area contributed by atoms with Gasteiger partial charge in [-0.3, -0.25) is 4.68 Å². The third kappa shape index (κ3) is 1.44. The Balaban J connectivity index is 2.27. The number of alkyl halides is 1. The van der Waals surface area contributed by atoms with Crippen molar-refractivity contribution in [3.05, 3.63) is 12.2 Å². The number of piperidine rings is 1. The molecule has 1 aliphatic rings. The molecule has 72 valence electrons. The maximum Gasteiger partial charge on any atom is 0.182 e. The Bertz CT molecular complexity index is 290. The lowest BCUT2D eigenvalue weighted by molar-refractivity contribution is 0.106. The van der Waals surface area contributed by atoms with E-state index in [2.05, 4.69) is 15.4 Å². The Labute approximate surface area is 76.2 Å². The van der Waals surface area contributed by atoms with Crippen LogP contribution < -0.4 is 5.32 Å². The van der Waals surface area contributed by atoms with Gasteiger partial charge in [-0.25, -0.2) is 9.37 Å². The van der Waals surface area contributed by atoms with Gasteiger partial charge in [0.25, 0.3) is 0 Å². The molecule has 0 spiro atoms. The molecule has 0 bridgehead atoms. The van der Waals surface area contributed by atoms with E-state index in [1.807, 2.05) is 0 Å². The third-order valence-corrected chi connectivity index (χ3v) is 2.44. The topological polar surface area (TPSA) is 42.7 Å². The van der Waals surface area contributed by atoms with Gasteiger partial charge in [-0.15, -0.1) is 0 Å². The van der Waals surface area contributed by atoms with E-state index in [4.69, 9.17) is 0 Å². The van der Waals surface area contributed by atoms with Crippen molar-refractivity contribution in [2.45, 2.75) is 18.5 Å². The van der Waals surface area contributed by atoms with Gasteiger partial charge in [0.2, 0.25) is 0 Å². The average molecular weight is 184 g/mol. The molecule has 0 radical (unpaired) electrons. The summed E-state index contributed by atoms with van der Waals surface area (Å²) in [7, 11) is 1.72. The monoisotopic (exact) mass is 184 g/mol. The molecule has 0 saturated carbocycles. The average Bonchev–Trinajstić information content (AvgIpc) is 2.53. The van der Waals surface area contributed by atoms with Crippen LogP contribution in [0.4, 0.5) is 4.39 Å². The minimum atomic E-state index is -1.33. The van der Waals surface area contributed by atoms with Crippen LogP contribution in [0.3, 0.4) is 0 Å². The van der Waals surface area contributed by atoms with E-state index in [0.717, 1.165) is 13.0 Å². The second-order valence-electron chi connectivity index (χ2n) is 3.45. The summed E-state index contributed by atoms with van der Waals surface area (Å²) in [5.74, 6) is 0.430. The Morgan fingerprint density at radius 3 is 3.08 bits per heavy atom. The van der Waals surface area contributed by atoms with Crippen molar-refractivity contribution in [1.82, 2.24) is 20.1 Å². The van der Waals surface area contributed by atoms with E-state index in [9.17, 15) is 4.39 Å². The second kappa shape index (κ2) is 3.06. The summed E-state index contributed by atoms with van der Waals surface area (Å²) < 4.78 is 15.7. The zero-order valence-electron chi connectivity index (χ0n) is 7.63. The number of rotatable bonds is 1. The second-order valence-corrected chi connectivity index (χ2v) is 3.45. The lowest BCUT2D eigenvalue weighted by Crippen LogP contribution is -2.41. The highest BCUT2D eigenvalue weighted by atomic mass is 19.1. The standard InChI is InChI=1S/C8H13FN4/c1-13-7(11-6-12-13)8(9)3-2-4-10-5-8/h6,10H,2-5H2,1H3. The smallest absolute Gasteiger partial charge is 0.182 e. The van der Waals surface area contributed by atoms with Crippen LogP contribution in [0.25, 0.3) is 0 Å². The summed E-state index contributed by atoms with van der Waals surface area (Å²) in [6.45, 7) is 1.24. The number of halogens is 1. The molecule has 1 aromatic heterocycles. The molecule has 1 atom stereocenters. The van der Waals surface area contributed by atoms with Gasteiger partial charge in [-0.1, -0.05) is 0 Å². The van der Waals surface area contributed by atoms with Crippen LogP contribution in [0.1, 0.15) is 18.7 Å². The fourth-order valence-electron chi connectivity index (χ4n) is 1.76. The van der Waals surface area contributed by atoms with Gasteiger partial charge in [-0.05, 0) is 19.4 Å². The SMILES string of the molecule is Cn1ncnc1C1(F)CCCNC1. The number of aromatic nitrogens is 3. The van der Waals surface area contributed by atoms with Gasteiger partial charge < -0.3 is 5.32 Å². The first-order valence-electron chi connectivity index (χ1n) is 4.46. The largest absolute Gasteiger partial charge is 0.313 e. The number of nitrogens with zero attached hydrogens (tertiary/aromatic N) is 3. The first-order valence-corrected chi connectivity index (χ1v) is 4.46. The minimum Gasteiger partial charge on any atom is -0.313 e. The molecule has 0 aliphatic carbocycles. The maximum atomic E-state index is 14.2. The number of aryl methyl sites for hydroxylation is 1. The first-order chi connectivity index (χ1) is 6.22. The van der Waals surface area contributed by atoms with Gasteiger partial charge in [0.05, 0.1) is 0 Å². The van der Waals surface area contributed by atoms with Crippen molar-refractivity contribution in [2.75, 3.05) is 13.1 Å². The summed E-state index contributed by atoms with van der Waals surface area (Å²) in [4.78, 5) is 3.95. The van der Waals surface area contributed by atoms with Crippen LogP contribution in [0.2, 0.25) is 0 Å². The highest BCUT2D eigenvalue weighted by Crippen LogP contribution is 2.30. The number of hydrogen-bond donors (Lipinski definition) is 1. The van der Waals surface area contributed by atoms with Crippen LogP contribution in [-0.4, -0.2) is 27.9 Å². The summed E-state index contributed by atoms with van der Waals surface area (Å²) in [5, 5.41) is 6.91. The van der Waals surface area contributed by atoms with Crippen LogP contribution in [0.15, 0.2) is 6.33 Å². The van der Waals surface area contributed by atoms with Crippen molar-refractivity contribution < 1.29 is 4.39 Å². The van der Waals surface area contributed by atoms with Gasteiger partial charge in [0, 0.05) is 13.6 Å². The van der Waals surface area contributed by atoms with Crippen LogP contribution in [0, 0.1) is 0 Å². The zero-order chi connectivity index (χ0) is 9.31. The molecule has 4 nitrogen and oxygen atoms in total. The van der Waals surface area contributed by atoms with E-state index < -0.39 is 5.67 Å². The zero-order valence-corrected chi connectivity index (χ0v) is 7.63. The fraction of sp³-hybridized carbons (Fsp3) is 0.750. The van der Waals surface area contributed by atoms with Crippen molar-refractivity contribution >= 4 is 0 Å². The van der Waals surface area contributed by atoms with Gasteiger partial charge in [-0.2, -0.15) is 5.10 Å². The molecule has 5 heteroatoms. The molecule has 1 saturated heterocycles. The summed E-state index contributed by atoms with van der Waals surface area (Å²) in [5.41, 5.74) is -1.33. The van der Waals surface area contributed by atoms with Crippen LogP contribution in [0.5, 0.6) is 0 Å². The van der Waals surface area contributed by atoms with Gasteiger partial charge >= 0.3 is 0 Å². The molecule has 0 aromatic carbocycles. The highest BCUT2D eigenvalue weighted by molar-refractivity contribution is 5.04. The molecular weight excluding hydrogens is 171 g/mol. The normalized spacial score (nSPS) is 29.1. The molecule has 2 heterocycles. The van der Waals surface area contributed by atoms with E-state index >= 15 is 0 Å². The molecule has 1 unspecified atom stereocenters.